The molecule has 3 heteroatoms. The minimum atomic E-state index is -0.204. The zero-order valence-electron chi connectivity index (χ0n) is 15.7. The average molecular weight is 352 g/mol. The lowest BCUT2D eigenvalue weighted by atomic mass is 10.1. The number of esters is 1. The molecule has 2 rings (SSSR count). The van der Waals surface area contributed by atoms with Gasteiger partial charge in [0.2, 0.25) is 0 Å². The number of benzene rings is 2. The van der Waals surface area contributed by atoms with Gasteiger partial charge in [0.1, 0.15) is 12.4 Å². The van der Waals surface area contributed by atoms with Gasteiger partial charge in [-0.15, -0.1) is 0 Å². The van der Waals surface area contributed by atoms with Gasteiger partial charge in [0, 0.05) is 5.57 Å². The summed E-state index contributed by atoms with van der Waals surface area (Å²) in [4.78, 5) is 12.2. The van der Waals surface area contributed by atoms with Crippen LogP contribution in [0.15, 0.2) is 60.2 Å². The third-order valence-corrected chi connectivity index (χ3v) is 3.98. The fourth-order valence-electron chi connectivity index (χ4n) is 2.51. The quantitative estimate of drug-likeness (QED) is 0.308. The number of carbonyl (C=O) groups excluding carboxylic acids is 1. The van der Waals surface area contributed by atoms with E-state index in [-0.39, 0.29) is 5.97 Å². The zero-order chi connectivity index (χ0) is 18.6. The molecule has 0 aromatic heterocycles. The Balaban J connectivity index is 1.97. The van der Waals surface area contributed by atoms with E-state index >= 15 is 0 Å². The normalized spacial score (nSPS) is 11.2. The number of ether oxygens (including phenoxy) is 2. The predicted octanol–water partition coefficient (Wildman–Crippen LogP) is 5.79. The smallest absolute Gasteiger partial charge is 0.334 e. The lowest BCUT2D eigenvalue weighted by Gasteiger charge is -2.09. The molecule has 0 fully saturated rings. The highest BCUT2D eigenvalue weighted by molar-refractivity contribution is 5.93. The summed E-state index contributed by atoms with van der Waals surface area (Å²) < 4.78 is 11.1. The van der Waals surface area contributed by atoms with Gasteiger partial charge in [0.15, 0.2) is 0 Å². The van der Waals surface area contributed by atoms with Gasteiger partial charge in [-0.2, -0.15) is 0 Å². The summed E-state index contributed by atoms with van der Waals surface area (Å²) in [6, 6.07) is 17.9. The topological polar surface area (TPSA) is 35.5 Å². The molecule has 0 N–H and O–H groups in total. The fourth-order valence-corrected chi connectivity index (χ4v) is 2.51. The molecule has 0 amide bonds. The van der Waals surface area contributed by atoms with Gasteiger partial charge in [-0.05, 0) is 42.2 Å². The second kappa shape index (κ2) is 11.1. The molecule has 0 bridgehead atoms. The van der Waals surface area contributed by atoms with E-state index in [1.165, 1.54) is 0 Å². The highest BCUT2D eigenvalue weighted by Gasteiger charge is 2.10. The van der Waals surface area contributed by atoms with Crippen LogP contribution in [0.1, 0.15) is 50.7 Å². The molecule has 3 nitrogen and oxygen atoms in total. The molecular formula is C23H28O3. The van der Waals surface area contributed by atoms with Crippen LogP contribution in [-0.4, -0.2) is 12.6 Å². The van der Waals surface area contributed by atoms with E-state index in [4.69, 9.17) is 9.47 Å². The lowest BCUT2D eigenvalue weighted by Crippen LogP contribution is -2.09. The van der Waals surface area contributed by atoms with Crippen molar-refractivity contribution < 1.29 is 14.3 Å². The van der Waals surface area contributed by atoms with Crippen molar-refractivity contribution in [3.63, 3.8) is 0 Å². The number of rotatable bonds is 10. The van der Waals surface area contributed by atoms with Crippen molar-refractivity contribution in [3.8, 4) is 5.75 Å². The van der Waals surface area contributed by atoms with Gasteiger partial charge in [-0.1, -0.05) is 69.2 Å². The number of carbonyl (C=O) groups is 1. The predicted molar refractivity (Wildman–Crippen MR) is 106 cm³/mol. The van der Waals surface area contributed by atoms with Gasteiger partial charge in [-0.3, -0.25) is 0 Å². The first-order valence-electron chi connectivity index (χ1n) is 9.37. The molecule has 0 aliphatic carbocycles. The van der Waals surface area contributed by atoms with E-state index in [9.17, 15) is 4.79 Å². The van der Waals surface area contributed by atoms with Crippen LogP contribution < -0.4 is 4.74 Å². The first-order chi connectivity index (χ1) is 12.7. The van der Waals surface area contributed by atoms with Crippen molar-refractivity contribution in [3.05, 3.63) is 71.3 Å². The van der Waals surface area contributed by atoms with E-state index in [0.29, 0.717) is 13.2 Å². The number of hydrogen-bond acceptors (Lipinski definition) is 3. The van der Waals surface area contributed by atoms with E-state index in [1.807, 2.05) is 60.7 Å². The van der Waals surface area contributed by atoms with Gasteiger partial charge in [0.05, 0.1) is 6.61 Å². The SMILES string of the molecule is CCCCOC(=O)C(=Cc1ccc(OCc2ccccc2)cc1)CCC. The molecule has 0 saturated carbocycles. The molecule has 0 aliphatic rings. The third-order valence-electron chi connectivity index (χ3n) is 3.98. The Kier molecular flexibility index (Phi) is 8.47. The van der Waals surface area contributed by atoms with Gasteiger partial charge < -0.3 is 9.47 Å². The average Bonchev–Trinajstić information content (AvgIpc) is 2.68. The first kappa shape index (κ1) is 19.8. The van der Waals surface area contributed by atoms with Crippen LogP contribution in [0, 0.1) is 0 Å². The Morgan fingerprint density at radius 1 is 0.962 bits per heavy atom. The molecule has 0 heterocycles. The maximum atomic E-state index is 12.2. The van der Waals surface area contributed by atoms with Crippen LogP contribution in [-0.2, 0) is 16.1 Å². The number of hydrogen-bond donors (Lipinski definition) is 0. The van der Waals surface area contributed by atoms with Crippen molar-refractivity contribution >= 4 is 12.0 Å². The van der Waals surface area contributed by atoms with E-state index in [0.717, 1.165) is 48.1 Å². The minimum Gasteiger partial charge on any atom is -0.489 e. The van der Waals surface area contributed by atoms with Crippen LogP contribution in [0.2, 0.25) is 0 Å². The highest BCUT2D eigenvalue weighted by Crippen LogP contribution is 2.18. The van der Waals surface area contributed by atoms with E-state index < -0.39 is 0 Å². The molecule has 2 aromatic rings. The minimum absolute atomic E-state index is 0.204. The standard InChI is InChI=1S/C23H28O3/c1-3-5-16-25-23(24)21(9-4-2)17-19-12-14-22(15-13-19)26-18-20-10-7-6-8-11-20/h6-8,10-15,17H,3-5,9,16,18H2,1-2H3. The van der Waals surface area contributed by atoms with E-state index in [2.05, 4.69) is 13.8 Å². The van der Waals surface area contributed by atoms with Crippen molar-refractivity contribution in [2.45, 2.75) is 46.1 Å². The number of unbranched alkanes of at least 4 members (excludes halogenated alkanes) is 1. The van der Waals surface area contributed by atoms with Crippen molar-refractivity contribution in [2.24, 2.45) is 0 Å². The Morgan fingerprint density at radius 2 is 1.69 bits per heavy atom. The van der Waals surface area contributed by atoms with Crippen LogP contribution in [0.25, 0.3) is 6.08 Å². The fraction of sp³-hybridized carbons (Fsp3) is 0.348. The summed E-state index contributed by atoms with van der Waals surface area (Å²) >= 11 is 0. The molecule has 0 spiro atoms. The summed E-state index contributed by atoms with van der Waals surface area (Å²) in [5.74, 6) is 0.610. The van der Waals surface area contributed by atoms with Crippen LogP contribution in [0.5, 0.6) is 5.75 Å². The molecule has 0 radical (unpaired) electrons. The maximum absolute atomic E-state index is 12.2. The maximum Gasteiger partial charge on any atom is 0.334 e. The summed E-state index contributed by atoms with van der Waals surface area (Å²) in [7, 11) is 0. The monoisotopic (exact) mass is 352 g/mol. The Bertz CT molecular complexity index is 687. The van der Waals surface area contributed by atoms with Gasteiger partial charge in [0.25, 0.3) is 0 Å². The lowest BCUT2D eigenvalue weighted by molar-refractivity contribution is -0.139. The van der Waals surface area contributed by atoms with Crippen molar-refractivity contribution in [1.82, 2.24) is 0 Å². The van der Waals surface area contributed by atoms with Gasteiger partial charge >= 0.3 is 5.97 Å². The zero-order valence-corrected chi connectivity index (χ0v) is 15.7. The Labute approximate surface area is 156 Å². The van der Waals surface area contributed by atoms with Crippen molar-refractivity contribution in [2.75, 3.05) is 6.61 Å². The second-order valence-corrected chi connectivity index (χ2v) is 6.25. The Morgan fingerprint density at radius 3 is 2.35 bits per heavy atom. The van der Waals surface area contributed by atoms with E-state index in [1.54, 1.807) is 0 Å². The first-order valence-corrected chi connectivity index (χ1v) is 9.37. The molecule has 0 aliphatic heterocycles. The highest BCUT2D eigenvalue weighted by atomic mass is 16.5. The summed E-state index contributed by atoms with van der Waals surface area (Å²) in [6.07, 6.45) is 5.46. The molecule has 2 aromatic carbocycles. The Hall–Kier alpha value is -2.55. The molecule has 0 saturated heterocycles. The molecular weight excluding hydrogens is 324 g/mol. The molecule has 0 unspecified atom stereocenters. The molecule has 138 valence electrons. The van der Waals surface area contributed by atoms with Crippen molar-refractivity contribution in [1.29, 1.82) is 0 Å². The summed E-state index contributed by atoms with van der Waals surface area (Å²) in [6.45, 7) is 5.18. The summed E-state index contributed by atoms with van der Waals surface area (Å²) in [5, 5.41) is 0. The van der Waals surface area contributed by atoms with Crippen LogP contribution in [0.4, 0.5) is 0 Å². The second-order valence-electron chi connectivity index (χ2n) is 6.25. The van der Waals surface area contributed by atoms with Gasteiger partial charge in [-0.25, -0.2) is 4.79 Å². The van der Waals surface area contributed by atoms with Crippen LogP contribution in [0.3, 0.4) is 0 Å². The van der Waals surface area contributed by atoms with Crippen LogP contribution >= 0.6 is 0 Å². The summed E-state index contributed by atoms with van der Waals surface area (Å²) in [5.41, 5.74) is 2.84. The largest absolute Gasteiger partial charge is 0.489 e. The molecule has 26 heavy (non-hydrogen) atoms. The third kappa shape index (κ3) is 6.75. The molecule has 0 atom stereocenters.